The molecule has 1 rings (SSSR count). The van der Waals surface area contributed by atoms with E-state index in [1.165, 1.54) is 0 Å². The zero-order valence-corrected chi connectivity index (χ0v) is 7.76. The topological polar surface area (TPSA) is 40.5 Å². The van der Waals surface area contributed by atoms with Crippen LogP contribution < -0.4 is 0 Å². The lowest BCUT2D eigenvalue weighted by atomic mass is 10.3. The zero-order chi connectivity index (χ0) is 8.97. The van der Waals surface area contributed by atoms with Crippen molar-refractivity contribution >= 4 is 17.5 Å². The molecule has 1 atom stereocenters. The summed E-state index contributed by atoms with van der Waals surface area (Å²) in [6, 6.07) is 0. The van der Waals surface area contributed by atoms with Gasteiger partial charge in [-0.05, 0) is 12.8 Å². The number of nitrogens with zero attached hydrogens (tertiary/aromatic N) is 1. The molecule has 1 amide bonds. The van der Waals surface area contributed by atoms with Gasteiger partial charge < -0.3 is 10.0 Å². The Kier molecular flexibility index (Phi) is 3.82. The fraction of sp³-hybridized carbons (Fsp3) is 0.875. The molecular formula is C8H14ClNO2. The first-order valence-electron chi connectivity index (χ1n) is 4.26. The first-order chi connectivity index (χ1) is 5.74. The Bertz CT molecular complexity index is 163. The van der Waals surface area contributed by atoms with Gasteiger partial charge in [0.2, 0.25) is 5.91 Å². The lowest BCUT2D eigenvalue weighted by Crippen LogP contribution is -2.29. The molecule has 1 heterocycles. The summed E-state index contributed by atoms with van der Waals surface area (Å²) >= 11 is 5.46. The van der Waals surface area contributed by atoms with Gasteiger partial charge in [0.25, 0.3) is 0 Å². The molecule has 1 aliphatic heterocycles. The van der Waals surface area contributed by atoms with E-state index in [9.17, 15) is 4.79 Å². The minimum absolute atomic E-state index is 0.118. The predicted molar refractivity (Wildman–Crippen MR) is 47.2 cm³/mol. The summed E-state index contributed by atoms with van der Waals surface area (Å²) < 4.78 is 0. The standard InChI is InChI=1S/C8H14ClNO2/c9-4-1-2-8(12)10-5-3-7(11)6-10/h7,11H,1-6H2/t7-/m1/s1. The SMILES string of the molecule is O=C(CCCCl)N1CC[C@@H](O)C1. The summed E-state index contributed by atoms with van der Waals surface area (Å²) in [7, 11) is 0. The molecule has 0 spiro atoms. The van der Waals surface area contributed by atoms with Gasteiger partial charge in [0, 0.05) is 25.4 Å². The van der Waals surface area contributed by atoms with E-state index in [2.05, 4.69) is 0 Å². The van der Waals surface area contributed by atoms with Crippen LogP contribution in [0.1, 0.15) is 19.3 Å². The van der Waals surface area contributed by atoms with Gasteiger partial charge in [-0.25, -0.2) is 0 Å². The maximum Gasteiger partial charge on any atom is 0.222 e. The quantitative estimate of drug-likeness (QED) is 0.664. The number of hydrogen-bond donors (Lipinski definition) is 1. The van der Waals surface area contributed by atoms with Crippen LogP contribution in [0.25, 0.3) is 0 Å². The van der Waals surface area contributed by atoms with E-state index in [4.69, 9.17) is 16.7 Å². The molecule has 1 N–H and O–H groups in total. The molecule has 0 aromatic heterocycles. The van der Waals surface area contributed by atoms with Crippen LogP contribution in [0.5, 0.6) is 0 Å². The number of aliphatic hydroxyl groups excluding tert-OH is 1. The van der Waals surface area contributed by atoms with E-state index in [0.29, 0.717) is 31.8 Å². The smallest absolute Gasteiger partial charge is 0.222 e. The van der Waals surface area contributed by atoms with Crippen LogP contribution in [0, 0.1) is 0 Å². The van der Waals surface area contributed by atoms with Crippen LogP contribution in [-0.2, 0) is 4.79 Å². The molecule has 0 saturated carbocycles. The first kappa shape index (κ1) is 9.81. The Hall–Kier alpha value is -0.280. The van der Waals surface area contributed by atoms with E-state index in [0.717, 1.165) is 6.42 Å². The van der Waals surface area contributed by atoms with E-state index in [1.54, 1.807) is 4.90 Å². The normalized spacial score (nSPS) is 23.2. The number of alkyl halides is 1. The van der Waals surface area contributed by atoms with Gasteiger partial charge in [-0.15, -0.1) is 11.6 Å². The van der Waals surface area contributed by atoms with Crippen molar-refractivity contribution in [1.82, 2.24) is 4.90 Å². The number of likely N-dealkylation sites (tertiary alicyclic amines) is 1. The van der Waals surface area contributed by atoms with Gasteiger partial charge in [0.05, 0.1) is 6.10 Å². The van der Waals surface area contributed by atoms with Crippen molar-refractivity contribution in [3.63, 3.8) is 0 Å². The van der Waals surface area contributed by atoms with Gasteiger partial charge in [0.15, 0.2) is 0 Å². The largest absolute Gasteiger partial charge is 0.391 e. The zero-order valence-electron chi connectivity index (χ0n) is 7.00. The maximum atomic E-state index is 11.3. The Labute approximate surface area is 77.3 Å². The molecule has 0 aliphatic carbocycles. The number of rotatable bonds is 3. The highest BCUT2D eigenvalue weighted by molar-refractivity contribution is 6.17. The molecule has 70 valence electrons. The summed E-state index contributed by atoms with van der Waals surface area (Å²) in [5.74, 6) is 0.648. The van der Waals surface area contributed by atoms with Gasteiger partial charge >= 0.3 is 0 Å². The van der Waals surface area contributed by atoms with E-state index in [-0.39, 0.29) is 12.0 Å². The van der Waals surface area contributed by atoms with E-state index in [1.807, 2.05) is 0 Å². The third-order valence-corrected chi connectivity index (χ3v) is 2.31. The summed E-state index contributed by atoms with van der Waals surface area (Å²) in [6.45, 7) is 1.20. The van der Waals surface area contributed by atoms with Gasteiger partial charge in [-0.1, -0.05) is 0 Å². The van der Waals surface area contributed by atoms with Crippen molar-refractivity contribution in [2.75, 3.05) is 19.0 Å². The molecular weight excluding hydrogens is 178 g/mol. The van der Waals surface area contributed by atoms with Crippen LogP contribution in [0.2, 0.25) is 0 Å². The highest BCUT2D eigenvalue weighted by Crippen LogP contribution is 2.10. The molecule has 1 fully saturated rings. The van der Waals surface area contributed by atoms with E-state index < -0.39 is 0 Å². The maximum absolute atomic E-state index is 11.3. The molecule has 0 aromatic rings. The second-order valence-electron chi connectivity index (χ2n) is 3.07. The third-order valence-electron chi connectivity index (χ3n) is 2.04. The molecule has 0 unspecified atom stereocenters. The number of halogens is 1. The van der Waals surface area contributed by atoms with Crippen LogP contribution >= 0.6 is 11.6 Å². The monoisotopic (exact) mass is 191 g/mol. The number of β-amino-alcohol motifs (C(OH)–C–C–N with tert-alkyl or cyclic N) is 1. The Morgan fingerprint density at radius 3 is 2.92 bits per heavy atom. The molecule has 0 aromatic carbocycles. The number of carbonyl (C=O) groups is 1. The van der Waals surface area contributed by atoms with Crippen molar-refractivity contribution in [3.8, 4) is 0 Å². The van der Waals surface area contributed by atoms with Crippen molar-refractivity contribution in [2.24, 2.45) is 0 Å². The second kappa shape index (κ2) is 4.67. The highest BCUT2D eigenvalue weighted by Gasteiger charge is 2.23. The molecule has 0 radical (unpaired) electrons. The Morgan fingerprint density at radius 2 is 2.42 bits per heavy atom. The molecule has 3 nitrogen and oxygen atoms in total. The van der Waals surface area contributed by atoms with Gasteiger partial charge in [-0.3, -0.25) is 4.79 Å². The summed E-state index contributed by atoms with van der Waals surface area (Å²) in [4.78, 5) is 13.0. The minimum Gasteiger partial charge on any atom is -0.391 e. The van der Waals surface area contributed by atoms with Crippen molar-refractivity contribution in [3.05, 3.63) is 0 Å². The van der Waals surface area contributed by atoms with Crippen LogP contribution in [0.15, 0.2) is 0 Å². The van der Waals surface area contributed by atoms with Crippen molar-refractivity contribution in [2.45, 2.75) is 25.4 Å². The fourth-order valence-electron chi connectivity index (χ4n) is 1.34. The summed E-state index contributed by atoms with van der Waals surface area (Å²) in [5, 5.41) is 9.15. The lowest BCUT2D eigenvalue weighted by molar-refractivity contribution is -0.130. The Balaban J connectivity index is 2.23. The first-order valence-corrected chi connectivity index (χ1v) is 4.79. The second-order valence-corrected chi connectivity index (χ2v) is 3.45. The highest BCUT2D eigenvalue weighted by atomic mass is 35.5. The molecule has 1 saturated heterocycles. The summed E-state index contributed by atoms with van der Waals surface area (Å²) in [6.07, 6.45) is 1.64. The average Bonchev–Trinajstić information content (AvgIpc) is 2.47. The van der Waals surface area contributed by atoms with Gasteiger partial charge in [0.1, 0.15) is 0 Å². The minimum atomic E-state index is -0.315. The lowest BCUT2D eigenvalue weighted by Gasteiger charge is -2.14. The number of hydrogen-bond acceptors (Lipinski definition) is 2. The predicted octanol–water partition coefficient (Wildman–Crippen LogP) is 0.599. The van der Waals surface area contributed by atoms with Crippen LogP contribution in [0.4, 0.5) is 0 Å². The molecule has 4 heteroatoms. The molecule has 12 heavy (non-hydrogen) atoms. The number of amides is 1. The van der Waals surface area contributed by atoms with Gasteiger partial charge in [-0.2, -0.15) is 0 Å². The van der Waals surface area contributed by atoms with Crippen molar-refractivity contribution in [1.29, 1.82) is 0 Å². The van der Waals surface area contributed by atoms with E-state index >= 15 is 0 Å². The van der Waals surface area contributed by atoms with Crippen LogP contribution in [0.3, 0.4) is 0 Å². The third kappa shape index (κ3) is 2.64. The van der Waals surface area contributed by atoms with Crippen LogP contribution in [-0.4, -0.2) is 41.0 Å². The number of aliphatic hydroxyl groups is 1. The summed E-state index contributed by atoms with van der Waals surface area (Å²) in [5.41, 5.74) is 0. The number of carbonyl (C=O) groups excluding carboxylic acids is 1. The fourth-order valence-corrected chi connectivity index (χ4v) is 1.48. The molecule has 0 bridgehead atoms. The Morgan fingerprint density at radius 1 is 1.67 bits per heavy atom. The van der Waals surface area contributed by atoms with Crippen molar-refractivity contribution < 1.29 is 9.90 Å². The molecule has 1 aliphatic rings. The average molecular weight is 192 g/mol.